The molecule has 0 spiro atoms. The van der Waals surface area contributed by atoms with Crippen LogP contribution < -0.4 is 0 Å². The van der Waals surface area contributed by atoms with E-state index < -0.39 is 0 Å². The van der Waals surface area contributed by atoms with Crippen molar-refractivity contribution in [2.75, 3.05) is 13.1 Å². The Balaban J connectivity index is 2.52. The molecule has 3 nitrogen and oxygen atoms in total. The molecule has 1 aliphatic rings. The van der Waals surface area contributed by atoms with Gasteiger partial charge < -0.3 is 5.11 Å². The molecule has 1 N–H and O–H groups in total. The van der Waals surface area contributed by atoms with Gasteiger partial charge in [-0.05, 0) is 18.8 Å². The van der Waals surface area contributed by atoms with E-state index in [-0.39, 0.29) is 6.10 Å². The maximum Gasteiger partial charge on any atom is 0.0670 e. The second-order valence-corrected chi connectivity index (χ2v) is 4.37. The van der Waals surface area contributed by atoms with Gasteiger partial charge in [-0.15, -0.1) is 0 Å². The highest BCUT2D eigenvalue weighted by Gasteiger charge is 2.27. The second kappa shape index (κ2) is 5.33. The zero-order valence-electron chi connectivity index (χ0n) is 9.11. The van der Waals surface area contributed by atoms with Crippen LogP contribution in [0.2, 0.25) is 0 Å². The molecule has 1 saturated heterocycles. The van der Waals surface area contributed by atoms with Crippen LogP contribution in [0.3, 0.4) is 0 Å². The van der Waals surface area contributed by atoms with Crippen LogP contribution in [0.15, 0.2) is 0 Å². The van der Waals surface area contributed by atoms with E-state index in [4.69, 9.17) is 5.26 Å². The fourth-order valence-electron chi connectivity index (χ4n) is 2.29. The zero-order valence-corrected chi connectivity index (χ0v) is 9.11. The normalized spacial score (nSPS) is 31.0. The quantitative estimate of drug-likeness (QED) is 0.742. The van der Waals surface area contributed by atoms with Crippen molar-refractivity contribution in [3.63, 3.8) is 0 Å². The largest absolute Gasteiger partial charge is 0.392 e. The maximum absolute atomic E-state index is 9.64. The summed E-state index contributed by atoms with van der Waals surface area (Å²) in [4.78, 5) is 2.27. The summed E-state index contributed by atoms with van der Waals surface area (Å²) in [6.07, 6.45) is 2.27. The number of nitrogens with zero attached hydrogens (tertiary/aromatic N) is 2. The van der Waals surface area contributed by atoms with E-state index in [1.165, 1.54) is 0 Å². The molecule has 1 heterocycles. The molecule has 0 radical (unpaired) electrons. The Morgan fingerprint density at radius 1 is 1.57 bits per heavy atom. The van der Waals surface area contributed by atoms with Crippen LogP contribution in [-0.2, 0) is 0 Å². The summed E-state index contributed by atoms with van der Waals surface area (Å²) in [6.45, 7) is 6.03. The van der Waals surface area contributed by atoms with Crippen molar-refractivity contribution >= 4 is 0 Å². The van der Waals surface area contributed by atoms with Gasteiger partial charge in [0, 0.05) is 19.1 Å². The SMILES string of the molecule is CCC(CC#N)N1CC(C)CC(O)C1. The first-order valence-corrected chi connectivity index (χ1v) is 5.46. The first-order valence-electron chi connectivity index (χ1n) is 5.46. The Bertz CT molecular complexity index is 202. The average molecular weight is 196 g/mol. The van der Waals surface area contributed by atoms with Gasteiger partial charge >= 0.3 is 0 Å². The lowest BCUT2D eigenvalue weighted by molar-refractivity contribution is 0.0219. The average Bonchev–Trinajstić information content (AvgIpc) is 2.12. The molecule has 0 bridgehead atoms. The lowest BCUT2D eigenvalue weighted by Gasteiger charge is -2.38. The van der Waals surface area contributed by atoms with Crippen LogP contribution in [0.5, 0.6) is 0 Å². The fourth-order valence-corrected chi connectivity index (χ4v) is 2.29. The minimum Gasteiger partial charge on any atom is -0.392 e. The lowest BCUT2D eigenvalue weighted by atomic mass is 9.95. The Hall–Kier alpha value is -0.590. The van der Waals surface area contributed by atoms with E-state index in [0.29, 0.717) is 18.4 Å². The summed E-state index contributed by atoms with van der Waals surface area (Å²) in [5, 5.41) is 18.3. The number of likely N-dealkylation sites (tertiary alicyclic amines) is 1. The molecule has 1 rings (SSSR count). The Morgan fingerprint density at radius 3 is 2.79 bits per heavy atom. The number of aliphatic hydroxyl groups excluding tert-OH is 1. The van der Waals surface area contributed by atoms with Gasteiger partial charge in [0.15, 0.2) is 0 Å². The third kappa shape index (κ3) is 2.97. The number of aliphatic hydroxyl groups is 1. The molecule has 1 fully saturated rings. The third-order valence-electron chi connectivity index (χ3n) is 2.98. The molecule has 3 atom stereocenters. The molecule has 0 saturated carbocycles. The molecule has 80 valence electrons. The summed E-state index contributed by atoms with van der Waals surface area (Å²) in [6, 6.07) is 2.55. The highest BCUT2D eigenvalue weighted by atomic mass is 16.3. The maximum atomic E-state index is 9.64. The predicted octanol–water partition coefficient (Wildman–Crippen LogP) is 1.38. The first-order chi connectivity index (χ1) is 6.67. The fraction of sp³-hybridized carbons (Fsp3) is 0.909. The minimum absolute atomic E-state index is 0.202. The van der Waals surface area contributed by atoms with Crippen molar-refractivity contribution in [2.45, 2.75) is 45.3 Å². The Labute approximate surface area is 86.3 Å². The zero-order chi connectivity index (χ0) is 10.6. The van der Waals surface area contributed by atoms with Gasteiger partial charge in [0.05, 0.1) is 18.6 Å². The van der Waals surface area contributed by atoms with Gasteiger partial charge in [-0.1, -0.05) is 13.8 Å². The van der Waals surface area contributed by atoms with Crippen LogP contribution >= 0.6 is 0 Å². The van der Waals surface area contributed by atoms with Crippen LogP contribution in [0.1, 0.15) is 33.1 Å². The smallest absolute Gasteiger partial charge is 0.0670 e. The standard InChI is InChI=1S/C11H20N2O/c1-3-10(4-5-12)13-7-9(2)6-11(14)8-13/h9-11,14H,3-4,6-8H2,1-2H3. The molecule has 3 unspecified atom stereocenters. The Kier molecular flexibility index (Phi) is 4.37. The van der Waals surface area contributed by atoms with E-state index in [1.807, 2.05) is 0 Å². The van der Waals surface area contributed by atoms with Crippen molar-refractivity contribution in [3.05, 3.63) is 0 Å². The highest BCUT2D eigenvalue weighted by Crippen LogP contribution is 2.20. The number of nitriles is 1. The predicted molar refractivity (Wildman–Crippen MR) is 55.7 cm³/mol. The van der Waals surface area contributed by atoms with Crippen LogP contribution in [0, 0.1) is 17.2 Å². The number of β-amino-alcohol motifs (C(OH)–C–C–N with tert-alkyl or cyclic N) is 1. The van der Waals surface area contributed by atoms with E-state index in [9.17, 15) is 5.11 Å². The number of hydrogen-bond donors (Lipinski definition) is 1. The molecule has 0 aromatic heterocycles. The summed E-state index contributed by atoms with van der Waals surface area (Å²) in [7, 11) is 0. The van der Waals surface area contributed by atoms with E-state index >= 15 is 0 Å². The van der Waals surface area contributed by atoms with Crippen LogP contribution in [-0.4, -0.2) is 35.2 Å². The molecule has 14 heavy (non-hydrogen) atoms. The molecular formula is C11H20N2O. The van der Waals surface area contributed by atoms with Gasteiger partial charge in [0.25, 0.3) is 0 Å². The van der Waals surface area contributed by atoms with E-state index in [2.05, 4.69) is 24.8 Å². The molecule has 0 aromatic carbocycles. The van der Waals surface area contributed by atoms with Crippen LogP contribution in [0.25, 0.3) is 0 Å². The van der Waals surface area contributed by atoms with E-state index in [1.54, 1.807) is 0 Å². The van der Waals surface area contributed by atoms with Crippen LogP contribution in [0.4, 0.5) is 0 Å². The molecular weight excluding hydrogens is 176 g/mol. The molecule has 0 aliphatic carbocycles. The van der Waals surface area contributed by atoms with Gasteiger partial charge in [-0.25, -0.2) is 0 Å². The minimum atomic E-state index is -0.202. The number of piperidine rings is 1. The molecule has 0 amide bonds. The summed E-state index contributed by atoms with van der Waals surface area (Å²) >= 11 is 0. The van der Waals surface area contributed by atoms with E-state index in [0.717, 1.165) is 25.9 Å². The first kappa shape index (κ1) is 11.5. The number of hydrogen-bond acceptors (Lipinski definition) is 3. The van der Waals surface area contributed by atoms with Crippen molar-refractivity contribution in [1.82, 2.24) is 4.90 Å². The van der Waals surface area contributed by atoms with Gasteiger partial charge in [0.2, 0.25) is 0 Å². The molecule has 1 aliphatic heterocycles. The summed E-state index contributed by atoms with van der Waals surface area (Å²) in [5.41, 5.74) is 0. The molecule has 0 aromatic rings. The summed E-state index contributed by atoms with van der Waals surface area (Å²) in [5.74, 6) is 0.548. The van der Waals surface area contributed by atoms with Crippen molar-refractivity contribution in [2.24, 2.45) is 5.92 Å². The Morgan fingerprint density at radius 2 is 2.29 bits per heavy atom. The van der Waals surface area contributed by atoms with Gasteiger partial charge in [-0.2, -0.15) is 5.26 Å². The second-order valence-electron chi connectivity index (χ2n) is 4.37. The number of rotatable bonds is 3. The van der Waals surface area contributed by atoms with Crippen molar-refractivity contribution < 1.29 is 5.11 Å². The topological polar surface area (TPSA) is 47.3 Å². The van der Waals surface area contributed by atoms with Gasteiger partial charge in [-0.3, -0.25) is 4.90 Å². The van der Waals surface area contributed by atoms with Crippen molar-refractivity contribution in [3.8, 4) is 6.07 Å². The summed E-state index contributed by atoms with van der Waals surface area (Å²) < 4.78 is 0. The lowest BCUT2D eigenvalue weighted by Crippen LogP contribution is -2.47. The highest BCUT2D eigenvalue weighted by molar-refractivity contribution is 4.86. The van der Waals surface area contributed by atoms with Crippen molar-refractivity contribution in [1.29, 1.82) is 5.26 Å². The monoisotopic (exact) mass is 196 g/mol. The third-order valence-corrected chi connectivity index (χ3v) is 2.98. The van der Waals surface area contributed by atoms with Gasteiger partial charge in [0.1, 0.15) is 0 Å². The molecule has 3 heteroatoms.